The van der Waals surface area contributed by atoms with Gasteiger partial charge in [0.2, 0.25) is 0 Å². The van der Waals surface area contributed by atoms with Crippen molar-refractivity contribution in [2.45, 2.75) is 0 Å². The third kappa shape index (κ3) is 1.97. The first-order chi connectivity index (χ1) is 8.00. The number of aromatic nitrogens is 1. The van der Waals surface area contributed by atoms with E-state index < -0.39 is 17.8 Å². The number of thiazole rings is 1. The van der Waals surface area contributed by atoms with E-state index in [4.69, 9.17) is 10.2 Å². The highest BCUT2D eigenvalue weighted by Crippen LogP contribution is 2.37. The Bertz CT molecular complexity index is 629. The molecular weight excluding hydrogens is 268 g/mol. The van der Waals surface area contributed by atoms with Crippen LogP contribution in [0.15, 0.2) is 5.51 Å². The van der Waals surface area contributed by atoms with Crippen LogP contribution in [0, 0.1) is 0 Å². The number of carboxylic acids is 2. The lowest BCUT2D eigenvalue weighted by molar-refractivity contribution is -0.147. The van der Waals surface area contributed by atoms with Crippen molar-refractivity contribution < 1.29 is 24.6 Å². The van der Waals surface area contributed by atoms with E-state index in [2.05, 4.69) is 4.98 Å². The molecule has 0 unspecified atom stereocenters. The second-order valence-electron chi connectivity index (χ2n) is 2.86. The summed E-state index contributed by atoms with van der Waals surface area (Å²) in [6.45, 7) is 0. The summed E-state index contributed by atoms with van der Waals surface area (Å²) in [5, 5.41) is 19.5. The van der Waals surface area contributed by atoms with Crippen LogP contribution in [-0.2, 0) is 9.59 Å². The third-order valence-electron chi connectivity index (χ3n) is 1.82. The fourth-order valence-electron chi connectivity index (χ4n) is 1.16. The largest absolute Gasteiger partial charge is 0.478 e. The number of fused-ring (bicyclic) bond motifs is 1. The second kappa shape index (κ2) is 4.11. The average molecular weight is 272 g/mol. The molecule has 88 valence electrons. The Labute approximate surface area is 101 Å². The lowest BCUT2D eigenvalue weighted by Gasteiger charge is -1.99. The van der Waals surface area contributed by atoms with Gasteiger partial charge in [0, 0.05) is 0 Å². The molecule has 9 heteroatoms. The standard InChI is InChI=1S/C8H4N2O5S2/c11-4(8(14)15)10-5-2(7(12)13)3-6(17-5)9-1-16-3/h1H,(H,10,11)(H,12,13)(H,14,15). The molecule has 0 atom stereocenters. The molecule has 0 saturated heterocycles. The molecule has 0 aliphatic heterocycles. The molecule has 0 bridgehead atoms. The maximum Gasteiger partial charge on any atom is 0.394 e. The highest BCUT2D eigenvalue weighted by Gasteiger charge is 2.23. The molecule has 0 saturated carbocycles. The fraction of sp³-hybridized carbons (Fsp3) is 0. The molecule has 2 aromatic rings. The van der Waals surface area contributed by atoms with Crippen molar-refractivity contribution in [2.75, 3.05) is 5.32 Å². The number of aromatic carboxylic acids is 1. The Morgan fingerprint density at radius 1 is 1.29 bits per heavy atom. The third-order valence-corrected chi connectivity index (χ3v) is 3.81. The van der Waals surface area contributed by atoms with Crippen LogP contribution < -0.4 is 5.32 Å². The minimum absolute atomic E-state index is 0.0146. The highest BCUT2D eigenvalue weighted by molar-refractivity contribution is 7.29. The van der Waals surface area contributed by atoms with E-state index in [1.165, 1.54) is 5.51 Å². The highest BCUT2D eigenvalue weighted by atomic mass is 32.1. The van der Waals surface area contributed by atoms with Crippen molar-refractivity contribution in [3.8, 4) is 0 Å². The van der Waals surface area contributed by atoms with Crippen LogP contribution in [0.5, 0.6) is 0 Å². The molecule has 3 N–H and O–H groups in total. The Morgan fingerprint density at radius 2 is 2.00 bits per heavy atom. The van der Waals surface area contributed by atoms with Gasteiger partial charge in [-0.2, -0.15) is 0 Å². The summed E-state index contributed by atoms with van der Waals surface area (Å²) in [5.74, 6) is -4.19. The van der Waals surface area contributed by atoms with E-state index >= 15 is 0 Å². The summed E-state index contributed by atoms with van der Waals surface area (Å²) in [7, 11) is 0. The number of hydrogen-bond acceptors (Lipinski definition) is 6. The first-order valence-corrected chi connectivity index (χ1v) is 5.84. The number of nitrogens with one attached hydrogen (secondary N) is 1. The van der Waals surface area contributed by atoms with Crippen LogP contribution in [0.25, 0.3) is 9.53 Å². The summed E-state index contributed by atoms with van der Waals surface area (Å²) < 4.78 is 0.420. The zero-order chi connectivity index (χ0) is 12.6. The lowest BCUT2D eigenvalue weighted by atomic mass is 10.3. The average Bonchev–Trinajstić information content (AvgIpc) is 2.75. The van der Waals surface area contributed by atoms with Gasteiger partial charge in [0.05, 0.1) is 10.2 Å². The van der Waals surface area contributed by atoms with E-state index in [-0.39, 0.29) is 10.6 Å². The normalized spacial score (nSPS) is 10.4. The smallest absolute Gasteiger partial charge is 0.394 e. The zero-order valence-electron chi connectivity index (χ0n) is 7.96. The number of carbonyl (C=O) groups excluding carboxylic acids is 1. The van der Waals surface area contributed by atoms with Crippen molar-refractivity contribution in [1.82, 2.24) is 4.98 Å². The number of aliphatic carboxylic acids is 1. The molecular formula is C8H4N2O5S2. The number of carbonyl (C=O) groups is 3. The zero-order valence-corrected chi connectivity index (χ0v) is 9.59. The molecule has 2 rings (SSSR count). The second-order valence-corrected chi connectivity index (χ2v) is 4.71. The van der Waals surface area contributed by atoms with Gasteiger partial charge in [0.25, 0.3) is 0 Å². The summed E-state index contributed by atoms with van der Waals surface area (Å²) in [6, 6.07) is 0. The van der Waals surface area contributed by atoms with Gasteiger partial charge in [-0.25, -0.2) is 14.6 Å². The molecule has 0 spiro atoms. The summed E-state index contributed by atoms with van der Waals surface area (Å²) in [6.07, 6.45) is 0. The first-order valence-electron chi connectivity index (χ1n) is 4.14. The van der Waals surface area contributed by atoms with Crippen LogP contribution in [0.2, 0.25) is 0 Å². The topological polar surface area (TPSA) is 117 Å². The Morgan fingerprint density at radius 3 is 2.59 bits per heavy atom. The van der Waals surface area contributed by atoms with Crippen molar-refractivity contribution in [3.05, 3.63) is 11.1 Å². The fourth-order valence-corrected chi connectivity index (χ4v) is 3.22. The monoisotopic (exact) mass is 272 g/mol. The van der Waals surface area contributed by atoms with Gasteiger partial charge in [0.1, 0.15) is 15.4 Å². The Hall–Kier alpha value is -2.00. The van der Waals surface area contributed by atoms with E-state index in [0.29, 0.717) is 9.53 Å². The van der Waals surface area contributed by atoms with E-state index in [1.807, 2.05) is 5.32 Å². The quantitative estimate of drug-likeness (QED) is 0.704. The summed E-state index contributed by atoms with van der Waals surface area (Å²) >= 11 is 2.05. The van der Waals surface area contributed by atoms with Crippen LogP contribution in [0.3, 0.4) is 0 Å². The van der Waals surface area contributed by atoms with Crippen molar-refractivity contribution in [3.63, 3.8) is 0 Å². The molecule has 0 aromatic carbocycles. The number of anilines is 1. The predicted octanol–water partition coefficient (Wildman–Crippen LogP) is 1.08. The number of rotatable bonds is 2. The Kier molecular flexibility index (Phi) is 2.77. The number of hydrogen-bond donors (Lipinski definition) is 3. The van der Waals surface area contributed by atoms with E-state index in [1.54, 1.807) is 0 Å². The molecule has 0 fully saturated rings. The van der Waals surface area contributed by atoms with Crippen molar-refractivity contribution in [1.29, 1.82) is 0 Å². The Balaban J connectivity index is 2.49. The van der Waals surface area contributed by atoms with Gasteiger partial charge in [-0.15, -0.1) is 11.3 Å². The van der Waals surface area contributed by atoms with Gasteiger partial charge >= 0.3 is 17.8 Å². The van der Waals surface area contributed by atoms with E-state index in [0.717, 1.165) is 22.7 Å². The summed E-state index contributed by atoms with van der Waals surface area (Å²) in [4.78, 5) is 36.7. The maximum absolute atomic E-state index is 11.0. The SMILES string of the molecule is O=C(O)C(=O)Nc1sc2ncsc2c1C(=O)O. The van der Waals surface area contributed by atoms with Gasteiger partial charge < -0.3 is 15.5 Å². The molecule has 0 radical (unpaired) electrons. The molecule has 7 nitrogen and oxygen atoms in total. The van der Waals surface area contributed by atoms with Crippen LogP contribution in [0.1, 0.15) is 10.4 Å². The van der Waals surface area contributed by atoms with Crippen molar-refractivity contribution >= 4 is 55.1 Å². The number of amides is 1. The molecule has 0 aliphatic rings. The summed E-state index contributed by atoms with van der Waals surface area (Å²) in [5.41, 5.74) is 1.36. The number of nitrogens with zero attached hydrogens (tertiary/aromatic N) is 1. The van der Waals surface area contributed by atoms with Gasteiger partial charge in [-0.1, -0.05) is 11.3 Å². The minimum atomic E-state index is -1.67. The number of carboxylic acid groups (broad SMARTS) is 2. The first kappa shape index (κ1) is 11.5. The molecule has 0 aliphatic carbocycles. The van der Waals surface area contributed by atoms with Crippen LogP contribution >= 0.6 is 22.7 Å². The minimum Gasteiger partial charge on any atom is -0.478 e. The molecule has 2 aromatic heterocycles. The molecule has 2 heterocycles. The van der Waals surface area contributed by atoms with Crippen molar-refractivity contribution in [2.24, 2.45) is 0 Å². The van der Waals surface area contributed by atoms with Gasteiger partial charge in [-0.05, 0) is 0 Å². The molecule has 1 amide bonds. The predicted molar refractivity (Wildman–Crippen MR) is 60.7 cm³/mol. The lowest BCUT2D eigenvalue weighted by Crippen LogP contribution is -2.22. The molecule has 17 heavy (non-hydrogen) atoms. The van der Waals surface area contributed by atoms with E-state index in [9.17, 15) is 14.4 Å². The number of thiophene rings is 1. The van der Waals surface area contributed by atoms with Gasteiger partial charge in [-0.3, -0.25) is 4.79 Å². The van der Waals surface area contributed by atoms with Crippen LogP contribution in [-0.4, -0.2) is 33.0 Å². The maximum atomic E-state index is 11.0. The van der Waals surface area contributed by atoms with Crippen LogP contribution in [0.4, 0.5) is 5.00 Å². The van der Waals surface area contributed by atoms with Gasteiger partial charge in [0.15, 0.2) is 0 Å².